The second-order valence-electron chi connectivity index (χ2n) is 9.22. The SMILES string of the molecule is C[C@]12CC[C@@H](O)CC1=CC=C1C2CC[C@@]2(C)C1CCC21OCCO1. The summed E-state index contributed by atoms with van der Waals surface area (Å²) in [5, 5.41) is 10.1. The molecule has 3 nitrogen and oxygen atoms in total. The van der Waals surface area contributed by atoms with E-state index in [1.807, 2.05) is 0 Å². The molecule has 5 atom stereocenters. The molecule has 0 aromatic rings. The maximum Gasteiger partial charge on any atom is 0.174 e. The summed E-state index contributed by atoms with van der Waals surface area (Å²) in [5.41, 5.74) is 3.53. The molecule has 3 heteroatoms. The fourth-order valence-electron chi connectivity index (χ4n) is 6.87. The van der Waals surface area contributed by atoms with E-state index in [0.29, 0.717) is 11.8 Å². The third-order valence-corrected chi connectivity index (χ3v) is 8.34. The normalized spacial score (nSPS) is 49.2. The first-order valence-electron chi connectivity index (χ1n) is 9.86. The highest BCUT2D eigenvalue weighted by molar-refractivity contribution is 5.39. The molecule has 4 fully saturated rings. The number of rotatable bonds is 0. The summed E-state index contributed by atoms with van der Waals surface area (Å²) in [6.45, 7) is 6.38. The first-order chi connectivity index (χ1) is 11.5. The van der Waals surface area contributed by atoms with Crippen molar-refractivity contribution in [1.29, 1.82) is 0 Å². The summed E-state index contributed by atoms with van der Waals surface area (Å²) in [6.07, 6.45) is 12.3. The minimum Gasteiger partial charge on any atom is -0.393 e. The van der Waals surface area contributed by atoms with Gasteiger partial charge >= 0.3 is 0 Å². The van der Waals surface area contributed by atoms with Gasteiger partial charge in [-0.2, -0.15) is 0 Å². The molecule has 1 saturated heterocycles. The molecule has 4 aliphatic carbocycles. The van der Waals surface area contributed by atoms with Crippen LogP contribution in [0, 0.1) is 22.7 Å². The minimum atomic E-state index is -0.322. The van der Waals surface area contributed by atoms with Crippen molar-refractivity contribution >= 4 is 0 Å². The van der Waals surface area contributed by atoms with Crippen LogP contribution in [0.2, 0.25) is 0 Å². The lowest BCUT2D eigenvalue weighted by Crippen LogP contribution is -2.52. The minimum absolute atomic E-state index is 0.127. The van der Waals surface area contributed by atoms with Gasteiger partial charge in [0.05, 0.1) is 19.3 Å². The molecular formula is C21H30O3. The summed E-state index contributed by atoms with van der Waals surface area (Å²) in [5.74, 6) is 0.923. The number of hydrogen-bond acceptors (Lipinski definition) is 3. The largest absolute Gasteiger partial charge is 0.393 e. The highest BCUT2D eigenvalue weighted by atomic mass is 16.7. The van der Waals surface area contributed by atoms with Crippen molar-refractivity contribution in [1.82, 2.24) is 0 Å². The van der Waals surface area contributed by atoms with Crippen LogP contribution in [0.25, 0.3) is 0 Å². The maximum atomic E-state index is 10.1. The molecule has 3 saturated carbocycles. The molecule has 5 aliphatic rings. The zero-order valence-corrected chi connectivity index (χ0v) is 15.0. The highest BCUT2D eigenvalue weighted by Crippen LogP contribution is 2.67. The van der Waals surface area contributed by atoms with E-state index in [-0.39, 0.29) is 22.7 Å². The van der Waals surface area contributed by atoms with Gasteiger partial charge in [-0.05, 0) is 55.8 Å². The molecule has 0 radical (unpaired) electrons. The molecule has 132 valence electrons. The van der Waals surface area contributed by atoms with E-state index < -0.39 is 0 Å². The Hall–Kier alpha value is -0.640. The molecule has 1 spiro atoms. The van der Waals surface area contributed by atoms with Gasteiger partial charge in [-0.3, -0.25) is 0 Å². The molecule has 5 rings (SSSR count). The second-order valence-corrected chi connectivity index (χ2v) is 9.22. The predicted molar refractivity (Wildman–Crippen MR) is 92.3 cm³/mol. The number of fused-ring (bicyclic) bond motifs is 6. The summed E-state index contributed by atoms with van der Waals surface area (Å²) in [7, 11) is 0. The molecule has 0 aromatic heterocycles. The average Bonchev–Trinajstić information content (AvgIpc) is 3.15. The molecule has 1 N–H and O–H groups in total. The molecule has 0 amide bonds. The zero-order chi connectivity index (χ0) is 16.6. The van der Waals surface area contributed by atoms with Crippen LogP contribution >= 0.6 is 0 Å². The van der Waals surface area contributed by atoms with E-state index >= 15 is 0 Å². The standard InChI is InChI=1S/C21H30O3/c1-19-8-5-15(22)13-14(19)3-4-16-17(19)6-9-20(2)18(16)7-10-21(20)23-11-12-24-21/h3-4,15,17-18,22H,5-13H2,1-2H3/t15-,17?,18?,19+,20+/m1/s1. The van der Waals surface area contributed by atoms with Crippen molar-refractivity contribution in [3.63, 3.8) is 0 Å². The van der Waals surface area contributed by atoms with Crippen molar-refractivity contribution in [3.05, 3.63) is 23.3 Å². The molecular weight excluding hydrogens is 300 g/mol. The predicted octanol–water partition coefficient (Wildman–Crippen LogP) is 3.97. The van der Waals surface area contributed by atoms with Crippen LogP contribution in [0.3, 0.4) is 0 Å². The van der Waals surface area contributed by atoms with Gasteiger partial charge < -0.3 is 14.6 Å². The van der Waals surface area contributed by atoms with Crippen LogP contribution in [0.4, 0.5) is 0 Å². The summed E-state index contributed by atoms with van der Waals surface area (Å²) < 4.78 is 12.4. The van der Waals surface area contributed by atoms with Crippen LogP contribution in [0.15, 0.2) is 23.3 Å². The fraction of sp³-hybridized carbons (Fsp3) is 0.810. The van der Waals surface area contributed by atoms with Gasteiger partial charge in [-0.15, -0.1) is 0 Å². The molecule has 24 heavy (non-hydrogen) atoms. The van der Waals surface area contributed by atoms with Gasteiger partial charge in [-0.25, -0.2) is 0 Å². The summed E-state index contributed by atoms with van der Waals surface area (Å²) in [6, 6.07) is 0. The first kappa shape index (κ1) is 15.6. The second kappa shape index (κ2) is 4.96. The van der Waals surface area contributed by atoms with Gasteiger partial charge in [0.15, 0.2) is 5.79 Å². The molecule has 0 aromatic carbocycles. The molecule has 0 bridgehead atoms. The molecule has 1 heterocycles. The maximum absolute atomic E-state index is 10.1. The first-order valence-corrected chi connectivity index (χ1v) is 9.86. The topological polar surface area (TPSA) is 38.7 Å². The Morgan fingerprint density at radius 2 is 1.71 bits per heavy atom. The van der Waals surface area contributed by atoms with Gasteiger partial charge in [0.25, 0.3) is 0 Å². The number of hydrogen-bond donors (Lipinski definition) is 1. The van der Waals surface area contributed by atoms with Crippen LogP contribution in [0.1, 0.15) is 58.8 Å². The van der Waals surface area contributed by atoms with E-state index in [9.17, 15) is 5.11 Å². The molecule has 1 aliphatic heterocycles. The highest BCUT2D eigenvalue weighted by Gasteiger charge is 2.65. The van der Waals surface area contributed by atoms with E-state index in [1.54, 1.807) is 5.57 Å². The lowest BCUT2D eigenvalue weighted by Gasteiger charge is -2.55. The summed E-state index contributed by atoms with van der Waals surface area (Å²) >= 11 is 0. The van der Waals surface area contributed by atoms with E-state index in [0.717, 1.165) is 38.9 Å². The van der Waals surface area contributed by atoms with Crippen LogP contribution in [-0.4, -0.2) is 30.2 Å². The Kier molecular flexibility index (Phi) is 3.22. The lowest BCUT2D eigenvalue weighted by atomic mass is 9.51. The van der Waals surface area contributed by atoms with E-state index in [4.69, 9.17) is 9.47 Å². The lowest BCUT2D eigenvalue weighted by molar-refractivity contribution is -0.229. The number of aliphatic hydroxyl groups is 1. The number of allylic oxidation sites excluding steroid dienone is 3. The Bertz CT molecular complexity index is 615. The van der Waals surface area contributed by atoms with Crippen molar-refractivity contribution < 1.29 is 14.6 Å². The molecule has 2 unspecified atom stereocenters. The third-order valence-electron chi connectivity index (χ3n) is 8.34. The third kappa shape index (κ3) is 1.79. The Labute approximate surface area is 145 Å². The zero-order valence-electron chi connectivity index (χ0n) is 15.0. The smallest absolute Gasteiger partial charge is 0.174 e. The van der Waals surface area contributed by atoms with Gasteiger partial charge in [0.2, 0.25) is 0 Å². The van der Waals surface area contributed by atoms with Crippen molar-refractivity contribution in [2.75, 3.05) is 13.2 Å². The Morgan fingerprint density at radius 3 is 2.50 bits per heavy atom. The van der Waals surface area contributed by atoms with Crippen LogP contribution in [-0.2, 0) is 9.47 Å². The quantitative estimate of drug-likeness (QED) is 0.730. The van der Waals surface area contributed by atoms with Gasteiger partial charge in [0, 0.05) is 11.8 Å². The van der Waals surface area contributed by atoms with Crippen molar-refractivity contribution in [2.45, 2.75) is 70.7 Å². The summed E-state index contributed by atoms with van der Waals surface area (Å²) in [4.78, 5) is 0. The van der Waals surface area contributed by atoms with Crippen molar-refractivity contribution in [2.24, 2.45) is 22.7 Å². The van der Waals surface area contributed by atoms with Crippen LogP contribution in [0.5, 0.6) is 0 Å². The Balaban J connectivity index is 1.54. The van der Waals surface area contributed by atoms with Gasteiger partial charge in [-0.1, -0.05) is 37.1 Å². The Morgan fingerprint density at radius 1 is 0.958 bits per heavy atom. The fourth-order valence-corrected chi connectivity index (χ4v) is 6.87. The average molecular weight is 330 g/mol. The van der Waals surface area contributed by atoms with E-state index in [1.165, 1.54) is 24.8 Å². The monoisotopic (exact) mass is 330 g/mol. The number of ether oxygens (including phenoxy) is 2. The van der Waals surface area contributed by atoms with Crippen LogP contribution < -0.4 is 0 Å². The van der Waals surface area contributed by atoms with Gasteiger partial charge in [0.1, 0.15) is 0 Å². The van der Waals surface area contributed by atoms with E-state index in [2.05, 4.69) is 26.0 Å². The number of aliphatic hydroxyl groups excluding tert-OH is 1. The van der Waals surface area contributed by atoms with Crippen molar-refractivity contribution in [3.8, 4) is 0 Å².